The Morgan fingerprint density at radius 3 is 1.39 bits per heavy atom. The highest BCUT2D eigenvalue weighted by Crippen LogP contribution is 2.48. The molecule has 4 nitrogen and oxygen atoms in total. The quantitative estimate of drug-likeness (QED) is 0.371. The van der Waals surface area contributed by atoms with E-state index in [0.29, 0.717) is 22.5 Å². The van der Waals surface area contributed by atoms with Crippen molar-refractivity contribution in [2.45, 2.75) is 77.9 Å². The molecule has 2 aromatic rings. The minimum Gasteiger partial charge on any atom is -0.540 e. The van der Waals surface area contributed by atoms with Crippen molar-refractivity contribution in [3.8, 4) is 34.1 Å². The van der Waals surface area contributed by atoms with Gasteiger partial charge in [0.25, 0.3) is 8.32 Å². The molecular weight excluding hydrogens is 428 g/mol. The first-order valence-corrected chi connectivity index (χ1v) is 14.4. The Kier molecular flexibility index (Phi) is 7.72. The van der Waals surface area contributed by atoms with Crippen LogP contribution in [0.1, 0.15) is 59.6 Å². The number of benzene rings is 2. The van der Waals surface area contributed by atoms with Crippen LogP contribution in [0.3, 0.4) is 0 Å². The van der Waals surface area contributed by atoms with Crippen LogP contribution in [0.15, 0.2) is 24.3 Å². The molecule has 1 atom stereocenters. The molecule has 0 radical (unpaired) electrons. The molecule has 0 saturated heterocycles. The van der Waals surface area contributed by atoms with Crippen LogP contribution in [0.2, 0.25) is 16.6 Å². The van der Waals surface area contributed by atoms with Crippen molar-refractivity contribution in [1.82, 2.24) is 0 Å². The van der Waals surface area contributed by atoms with Crippen LogP contribution in [-0.2, 0) is 12.8 Å². The highest BCUT2D eigenvalue weighted by Gasteiger charge is 2.47. The predicted octanol–water partition coefficient (Wildman–Crippen LogP) is 7.67. The Labute approximate surface area is 201 Å². The van der Waals surface area contributed by atoms with E-state index in [1.165, 1.54) is 22.3 Å². The van der Waals surface area contributed by atoms with E-state index in [0.717, 1.165) is 35.8 Å². The summed E-state index contributed by atoms with van der Waals surface area (Å²) in [6, 6.07) is 8.69. The average molecular weight is 471 g/mol. The van der Waals surface area contributed by atoms with Gasteiger partial charge in [-0.25, -0.2) is 0 Å². The second-order valence-electron chi connectivity index (χ2n) is 10.5. The van der Waals surface area contributed by atoms with E-state index in [2.05, 4.69) is 72.7 Å². The lowest BCUT2D eigenvalue weighted by molar-refractivity contribution is 0.354. The SMILES string of the molecule is COc1cc2c(cc1OC)-c1cc(O[Si](C(C)C)(C(C)C)C(C)C)c(OC)cc1CC(C)C2. The first-order chi connectivity index (χ1) is 15.6. The molecule has 0 spiro atoms. The summed E-state index contributed by atoms with van der Waals surface area (Å²) in [7, 11) is 3.01. The molecule has 0 fully saturated rings. The molecule has 1 unspecified atom stereocenters. The van der Waals surface area contributed by atoms with Crippen LogP contribution in [0.25, 0.3) is 11.1 Å². The van der Waals surface area contributed by atoms with Crippen LogP contribution < -0.4 is 18.6 Å². The van der Waals surface area contributed by atoms with Crippen molar-refractivity contribution < 1.29 is 18.6 Å². The van der Waals surface area contributed by atoms with E-state index in [-0.39, 0.29) is 0 Å². The standard InChI is InChI=1S/C28H42O4Si/c1-17(2)33(18(3)4,19(5)6)32-28-16-24-22(14-26(28)30-9)12-20(7)11-21-13-25(29-8)27(31-10)15-23(21)24/h13-20H,11-12H2,1-10H3. The first-order valence-electron chi connectivity index (χ1n) is 12.2. The second-order valence-corrected chi connectivity index (χ2v) is 15.8. The van der Waals surface area contributed by atoms with E-state index in [4.69, 9.17) is 18.6 Å². The minimum atomic E-state index is -2.14. The fourth-order valence-electron chi connectivity index (χ4n) is 5.97. The molecule has 0 N–H and O–H groups in total. The fourth-order valence-corrected chi connectivity index (χ4v) is 11.2. The summed E-state index contributed by atoms with van der Waals surface area (Å²) < 4.78 is 24.3. The first kappa shape index (κ1) is 25.5. The summed E-state index contributed by atoms with van der Waals surface area (Å²) in [6.45, 7) is 16.2. The molecule has 0 bridgehead atoms. The van der Waals surface area contributed by atoms with Gasteiger partial charge in [-0.3, -0.25) is 0 Å². The summed E-state index contributed by atoms with van der Waals surface area (Å²) in [5.41, 5.74) is 6.45. The maximum absolute atomic E-state index is 7.12. The lowest BCUT2D eigenvalue weighted by atomic mass is 9.95. The Hall–Kier alpha value is -2.14. The van der Waals surface area contributed by atoms with Crippen molar-refractivity contribution in [3.05, 3.63) is 35.4 Å². The van der Waals surface area contributed by atoms with E-state index in [1.807, 2.05) is 0 Å². The Bertz CT molecular complexity index is 959. The molecule has 2 aromatic carbocycles. The maximum atomic E-state index is 7.12. The molecule has 0 aromatic heterocycles. The molecule has 3 rings (SSSR count). The monoisotopic (exact) mass is 470 g/mol. The van der Waals surface area contributed by atoms with Gasteiger partial charge in [0.05, 0.1) is 21.3 Å². The zero-order chi connectivity index (χ0) is 24.5. The molecule has 1 aliphatic carbocycles. The Morgan fingerprint density at radius 1 is 0.636 bits per heavy atom. The molecule has 182 valence electrons. The third-order valence-corrected chi connectivity index (χ3v) is 13.4. The summed E-state index contributed by atoms with van der Waals surface area (Å²) in [6.07, 6.45) is 1.98. The topological polar surface area (TPSA) is 36.9 Å². The van der Waals surface area contributed by atoms with Gasteiger partial charge in [-0.2, -0.15) is 0 Å². The Morgan fingerprint density at radius 2 is 1.00 bits per heavy atom. The third kappa shape index (κ3) is 4.61. The number of hydrogen-bond acceptors (Lipinski definition) is 4. The molecule has 5 heteroatoms. The highest BCUT2D eigenvalue weighted by atomic mass is 28.4. The van der Waals surface area contributed by atoms with E-state index in [1.54, 1.807) is 21.3 Å². The Balaban J connectivity index is 2.25. The minimum absolute atomic E-state index is 0.484. The normalized spacial score (nSPS) is 15.8. The van der Waals surface area contributed by atoms with Gasteiger partial charge in [-0.15, -0.1) is 0 Å². The van der Waals surface area contributed by atoms with Crippen molar-refractivity contribution >= 4 is 8.32 Å². The smallest absolute Gasteiger partial charge is 0.258 e. The van der Waals surface area contributed by atoms with Crippen LogP contribution in [0.4, 0.5) is 0 Å². The van der Waals surface area contributed by atoms with Gasteiger partial charge in [0.2, 0.25) is 0 Å². The molecule has 1 aliphatic rings. The van der Waals surface area contributed by atoms with Gasteiger partial charge in [0.1, 0.15) is 5.75 Å². The summed E-state index contributed by atoms with van der Waals surface area (Å²) in [5, 5.41) is 0. The average Bonchev–Trinajstić information content (AvgIpc) is 2.89. The molecule has 0 heterocycles. The molecule has 0 amide bonds. The van der Waals surface area contributed by atoms with Gasteiger partial charge < -0.3 is 18.6 Å². The van der Waals surface area contributed by atoms with Gasteiger partial charge in [-0.1, -0.05) is 48.5 Å². The second kappa shape index (κ2) is 10.0. The zero-order valence-corrected chi connectivity index (χ0v) is 23.2. The van der Waals surface area contributed by atoms with Crippen LogP contribution in [-0.4, -0.2) is 29.6 Å². The fraction of sp³-hybridized carbons (Fsp3) is 0.571. The van der Waals surface area contributed by atoms with Crippen molar-refractivity contribution in [1.29, 1.82) is 0 Å². The summed E-state index contributed by atoms with van der Waals surface area (Å²) in [5.74, 6) is 3.75. The number of ether oxygens (including phenoxy) is 3. The number of fused-ring (bicyclic) bond motifs is 3. The summed E-state index contributed by atoms with van der Waals surface area (Å²) >= 11 is 0. The van der Waals surface area contributed by atoms with Crippen molar-refractivity contribution in [3.63, 3.8) is 0 Å². The molecule has 33 heavy (non-hydrogen) atoms. The lowest BCUT2D eigenvalue weighted by Gasteiger charge is -2.42. The number of hydrogen-bond donors (Lipinski definition) is 0. The van der Waals surface area contributed by atoms with Gasteiger partial charge in [0, 0.05) is 0 Å². The summed E-state index contributed by atoms with van der Waals surface area (Å²) in [4.78, 5) is 0. The number of rotatable bonds is 8. The predicted molar refractivity (Wildman–Crippen MR) is 140 cm³/mol. The van der Waals surface area contributed by atoms with E-state index in [9.17, 15) is 0 Å². The van der Waals surface area contributed by atoms with Gasteiger partial charge in [0.15, 0.2) is 17.2 Å². The lowest BCUT2D eigenvalue weighted by Crippen LogP contribution is -2.50. The molecule has 0 saturated carbocycles. The van der Waals surface area contributed by atoms with E-state index >= 15 is 0 Å². The van der Waals surface area contributed by atoms with Gasteiger partial charge >= 0.3 is 0 Å². The molecular formula is C28H42O4Si. The largest absolute Gasteiger partial charge is 0.540 e. The van der Waals surface area contributed by atoms with Crippen LogP contribution >= 0.6 is 0 Å². The van der Waals surface area contributed by atoms with Crippen molar-refractivity contribution in [2.75, 3.05) is 21.3 Å². The van der Waals surface area contributed by atoms with Crippen molar-refractivity contribution in [2.24, 2.45) is 5.92 Å². The third-order valence-electron chi connectivity index (χ3n) is 7.42. The maximum Gasteiger partial charge on any atom is 0.258 e. The highest BCUT2D eigenvalue weighted by molar-refractivity contribution is 6.78. The van der Waals surface area contributed by atoms with Crippen LogP contribution in [0, 0.1) is 5.92 Å². The van der Waals surface area contributed by atoms with Crippen LogP contribution in [0.5, 0.6) is 23.0 Å². The molecule has 0 aliphatic heterocycles. The zero-order valence-electron chi connectivity index (χ0n) is 22.2. The number of methoxy groups -OCH3 is 3. The van der Waals surface area contributed by atoms with Gasteiger partial charge in [-0.05, 0) is 81.9 Å². The van der Waals surface area contributed by atoms with E-state index < -0.39 is 8.32 Å².